The summed E-state index contributed by atoms with van der Waals surface area (Å²) in [5.74, 6) is 0.595. The molecule has 0 aliphatic carbocycles. The van der Waals surface area contributed by atoms with Gasteiger partial charge in [0.2, 0.25) is 5.91 Å². The van der Waals surface area contributed by atoms with Gasteiger partial charge in [-0.1, -0.05) is 11.6 Å². The van der Waals surface area contributed by atoms with Crippen molar-refractivity contribution in [3.05, 3.63) is 34.3 Å². The number of rotatable bonds is 1. The lowest BCUT2D eigenvalue weighted by Gasteiger charge is -2.41. The van der Waals surface area contributed by atoms with Gasteiger partial charge in [-0.2, -0.15) is 0 Å². The molecule has 2 aliphatic heterocycles. The van der Waals surface area contributed by atoms with Crippen molar-refractivity contribution in [2.75, 3.05) is 13.1 Å². The first-order chi connectivity index (χ1) is 10.0. The first kappa shape index (κ1) is 14.4. The second-order valence-electron chi connectivity index (χ2n) is 5.97. The molecule has 0 saturated carbocycles. The maximum Gasteiger partial charge on any atom is 0.254 e. The van der Waals surface area contributed by atoms with Gasteiger partial charge in [0.05, 0.1) is 0 Å². The summed E-state index contributed by atoms with van der Waals surface area (Å²) in [5.41, 5.74) is 1.63. The fraction of sp³-hybridized carbons (Fsp3) is 0.500. The van der Waals surface area contributed by atoms with Crippen molar-refractivity contribution >= 4 is 23.4 Å². The van der Waals surface area contributed by atoms with E-state index in [0.717, 1.165) is 30.5 Å². The summed E-state index contributed by atoms with van der Waals surface area (Å²) in [6.07, 6.45) is 2.29. The molecule has 3 rings (SSSR count). The Morgan fingerprint density at radius 1 is 1.38 bits per heavy atom. The Morgan fingerprint density at radius 3 is 2.95 bits per heavy atom. The molecule has 2 fully saturated rings. The van der Waals surface area contributed by atoms with E-state index < -0.39 is 0 Å². The van der Waals surface area contributed by atoms with E-state index in [9.17, 15) is 9.59 Å². The van der Waals surface area contributed by atoms with Gasteiger partial charge in [0, 0.05) is 36.1 Å². The molecule has 2 heterocycles. The third-order valence-corrected chi connectivity index (χ3v) is 4.76. The van der Waals surface area contributed by atoms with Crippen molar-refractivity contribution in [3.63, 3.8) is 0 Å². The highest BCUT2D eigenvalue weighted by atomic mass is 35.5. The lowest BCUT2D eigenvalue weighted by molar-refractivity contribution is -0.125. The maximum atomic E-state index is 12.7. The number of benzene rings is 1. The van der Waals surface area contributed by atoms with Crippen LogP contribution in [0, 0.1) is 12.8 Å². The van der Waals surface area contributed by atoms with E-state index in [-0.39, 0.29) is 17.9 Å². The lowest BCUT2D eigenvalue weighted by atomic mass is 9.85. The van der Waals surface area contributed by atoms with Gasteiger partial charge in [-0.15, -0.1) is 0 Å². The van der Waals surface area contributed by atoms with E-state index >= 15 is 0 Å². The Labute approximate surface area is 129 Å². The van der Waals surface area contributed by atoms with Crippen LogP contribution in [-0.4, -0.2) is 35.8 Å². The molecule has 0 spiro atoms. The number of hydrogen-bond donors (Lipinski definition) is 1. The van der Waals surface area contributed by atoms with Gasteiger partial charge in [0.15, 0.2) is 0 Å². The van der Waals surface area contributed by atoms with E-state index in [0.29, 0.717) is 23.9 Å². The van der Waals surface area contributed by atoms with Crippen LogP contribution in [0.2, 0.25) is 5.02 Å². The van der Waals surface area contributed by atoms with Gasteiger partial charge < -0.3 is 10.2 Å². The predicted molar refractivity (Wildman–Crippen MR) is 81.4 cm³/mol. The first-order valence-electron chi connectivity index (χ1n) is 7.39. The number of nitrogens with zero attached hydrogens (tertiary/aromatic N) is 1. The number of amides is 2. The van der Waals surface area contributed by atoms with E-state index in [1.807, 2.05) is 17.9 Å². The largest absolute Gasteiger partial charge is 0.353 e. The molecule has 1 aromatic rings. The SMILES string of the molecule is Cc1cc(Cl)ccc1C(=O)N1CCC2NC(=O)CCC2C1. The molecular formula is C16H19ClN2O2. The summed E-state index contributed by atoms with van der Waals surface area (Å²) in [7, 11) is 0. The lowest BCUT2D eigenvalue weighted by Crippen LogP contribution is -2.55. The number of piperidine rings is 2. The molecule has 1 N–H and O–H groups in total. The van der Waals surface area contributed by atoms with E-state index in [2.05, 4.69) is 5.32 Å². The molecule has 21 heavy (non-hydrogen) atoms. The highest BCUT2D eigenvalue weighted by molar-refractivity contribution is 6.30. The number of hydrogen-bond acceptors (Lipinski definition) is 2. The van der Waals surface area contributed by atoms with Crippen LogP contribution in [0.4, 0.5) is 0 Å². The first-order valence-corrected chi connectivity index (χ1v) is 7.77. The van der Waals surface area contributed by atoms with Crippen LogP contribution in [0.15, 0.2) is 18.2 Å². The molecular weight excluding hydrogens is 288 g/mol. The zero-order valence-corrected chi connectivity index (χ0v) is 12.8. The number of halogens is 1. The number of fused-ring (bicyclic) bond motifs is 1. The third kappa shape index (κ3) is 2.91. The van der Waals surface area contributed by atoms with Crippen LogP contribution in [0.5, 0.6) is 0 Å². The molecule has 0 radical (unpaired) electrons. The van der Waals surface area contributed by atoms with E-state index in [4.69, 9.17) is 11.6 Å². The number of carbonyl (C=O) groups excluding carboxylic acids is 2. The third-order valence-electron chi connectivity index (χ3n) is 4.53. The zero-order valence-electron chi connectivity index (χ0n) is 12.1. The van der Waals surface area contributed by atoms with Crippen molar-refractivity contribution in [1.29, 1.82) is 0 Å². The minimum absolute atomic E-state index is 0.0690. The van der Waals surface area contributed by atoms with Crippen molar-refractivity contribution in [3.8, 4) is 0 Å². The molecule has 2 aliphatic rings. The van der Waals surface area contributed by atoms with Gasteiger partial charge in [-0.25, -0.2) is 0 Å². The molecule has 2 saturated heterocycles. The monoisotopic (exact) mass is 306 g/mol. The Bertz CT molecular complexity index is 588. The molecule has 1 aromatic carbocycles. The van der Waals surface area contributed by atoms with Crippen molar-refractivity contribution in [2.45, 2.75) is 32.2 Å². The molecule has 4 nitrogen and oxygen atoms in total. The molecule has 2 atom stereocenters. The molecule has 5 heteroatoms. The summed E-state index contributed by atoms with van der Waals surface area (Å²) in [5, 5.41) is 3.69. The molecule has 112 valence electrons. The zero-order chi connectivity index (χ0) is 15.0. The number of nitrogens with one attached hydrogen (secondary N) is 1. The summed E-state index contributed by atoms with van der Waals surface area (Å²) in [6.45, 7) is 3.33. The second kappa shape index (κ2) is 5.68. The summed E-state index contributed by atoms with van der Waals surface area (Å²) >= 11 is 5.95. The molecule has 2 amide bonds. The van der Waals surface area contributed by atoms with Crippen molar-refractivity contribution < 1.29 is 9.59 Å². The van der Waals surface area contributed by atoms with Crippen molar-refractivity contribution in [1.82, 2.24) is 10.2 Å². The van der Waals surface area contributed by atoms with Crippen LogP contribution < -0.4 is 5.32 Å². The van der Waals surface area contributed by atoms with Crippen molar-refractivity contribution in [2.24, 2.45) is 5.92 Å². The smallest absolute Gasteiger partial charge is 0.254 e. The maximum absolute atomic E-state index is 12.7. The van der Waals surface area contributed by atoms with Crippen LogP contribution in [0.3, 0.4) is 0 Å². The molecule has 0 bridgehead atoms. The fourth-order valence-corrected chi connectivity index (χ4v) is 3.56. The van der Waals surface area contributed by atoms with Crippen LogP contribution in [-0.2, 0) is 4.79 Å². The minimum Gasteiger partial charge on any atom is -0.353 e. The number of likely N-dealkylation sites (tertiary alicyclic amines) is 1. The molecule has 2 unspecified atom stereocenters. The summed E-state index contributed by atoms with van der Waals surface area (Å²) in [4.78, 5) is 26.0. The topological polar surface area (TPSA) is 49.4 Å². The number of aryl methyl sites for hydroxylation is 1. The van der Waals surface area contributed by atoms with Gasteiger partial charge in [0.1, 0.15) is 0 Å². The highest BCUT2D eigenvalue weighted by Crippen LogP contribution is 2.27. The fourth-order valence-electron chi connectivity index (χ4n) is 3.33. The normalized spacial score (nSPS) is 25.2. The van der Waals surface area contributed by atoms with E-state index in [1.54, 1.807) is 12.1 Å². The molecule has 0 aromatic heterocycles. The van der Waals surface area contributed by atoms with Crippen LogP contribution in [0.25, 0.3) is 0 Å². The van der Waals surface area contributed by atoms with Gasteiger partial charge in [0.25, 0.3) is 5.91 Å². The predicted octanol–water partition coefficient (Wildman–Crippen LogP) is 2.39. The summed E-state index contributed by atoms with van der Waals surface area (Å²) < 4.78 is 0. The minimum atomic E-state index is 0.0690. The Kier molecular flexibility index (Phi) is 3.89. The Morgan fingerprint density at radius 2 is 2.19 bits per heavy atom. The summed E-state index contributed by atoms with van der Waals surface area (Å²) in [6, 6.07) is 5.62. The van der Waals surface area contributed by atoms with Crippen LogP contribution in [0.1, 0.15) is 35.2 Å². The average Bonchev–Trinajstić information content (AvgIpc) is 2.46. The van der Waals surface area contributed by atoms with Crippen LogP contribution >= 0.6 is 11.6 Å². The van der Waals surface area contributed by atoms with Gasteiger partial charge in [-0.05, 0) is 49.4 Å². The Balaban J connectivity index is 1.73. The van der Waals surface area contributed by atoms with Gasteiger partial charge >= 0.3 is 0 Å². The quantitative estimate of drug-likeness (QED) is 0.866. The van der Waals surface area contributed by atoms with E-state index in [1.165, 1.54) is 0 Å². The Hall–Kier alpha value is -1.55. The van der Waals surface area contributed by atoms with Gasteiger partial charge in [-0.3, -0.25) is 9.59 Å². The second-order valence-corrected chi connectivity index (χ2v) is 6.41. The number of carbonyl (C=O) groups is 2. The standard InChI is InChI=1S/C16H19ClN2O2/c1-10-8-12(17)3-4-13(10)16(21)19-7-6-14-11(9-19)2-5-15(20)18-14/h3-4,8,11,14H,2,5-7,9H2,1H3,(H,18,20). The highest BCUT2D eigenvalue weighted by Gasteiger charge is 2.35. The average molecular weight is 307 g/mol.